The van der Waals surface area contributed by atoms with Gasteiger partial charge in [0.25, 0.3) is 5.91 Å². The van der Waals surface area contributed by atoms with Gasteiger partial charge in [-0.05, 0) is 42.7 Å². The number of rotatable bonds is 6. The molecule has 30 heavy (non-hydrogen) atoms. The van der Waals surface area contributed by atoms with E-state index in [2.05, 4.69) is 5.32 Å². The summed E-state index contributed by atoms with van der Waals surface area (Å²) in [5.74, 6) is 2.04. The molecule has 2 aliphatic heterocycles. The molecule has 0 aliphatic carbocycles. The second kappa shape index (κ2) is 9.52. The lowest BCUT2D eigenvalue weighted by Crippen LogP contribution is -2.44. The number of ether oxygens (including phenoxy) is 3. The van der Waals surface area contributed by atoms with Gasteiger partial charge in [0.05, 0.1) is 0 Å². The van der Waals surface area contributed by atoms with Crippen LogP contribution in [0.25, 0.3) is 0 Å². The summed E-state index contributed by atoms with van der Waals surface area (Å²) < 4.78 is 16.6. The second-order valence-corrected chi connectivity index (χ2v) is 7.45. The quantitative estimate of drug-likeness (QED) is 0.791. The summed E-state index contributed by atoms with van der Waals surface area (Å²) in [5, 5.41) is 3.00. The van der Waals surface area contributed by atoms with Crippen molar-refractivity contribution >= 4 is 11.8 Å². The molecule has 2 aromatic rings. The van der Waals surface area contributed by atoms with Crippen molar-refractivity contribution in [1.29, 1.82) is 0 Å². The highest BCUT2D eigenvalue weighted by atomic mass is 16.6. The number of carbonyl (C=O) groups excluding carboxylic acids is 2. The lowest BCUT2D eigenvalue weighted by atomic mass is 9.95. The number of hydrogen-bond acceptors (Lipinski definition) is 5. The molecule has 1 saturated heterocycles. The Hall–Kier alpha value is -3.22. The van der Waals surface area contributed by atoms with Gasteiger partial charge >= 0.3 is 0 Å². The Morgan fingerprint density at radius 3 is 2.50 bits per heavy atom. The van der Waals surface area contributed by atoms with Crippen molar-refractivity contribution in [2.75, 3.05) is 32.9 Å². The van der Waals surface area contributed by atoms with Crippen molar-refractivity contribution in [2.24, 2.45) is 5.92 Å². The van der Waals surface area contributed by atoms with Crippen LogP contribution in [0, 0.1) is 5.92 Å². The van der Waals surface area contributed by atoms with E-state index in [1.807, 2.05) is 48.5 Å². The van der Waals surface area contributed by atoms with Crippen LogP contribution in [-0.4, -0.2) is 49.6 Å². The van der Waals surface area contributed by atoms with Crippen molar-refractivity contribution < 1.29 is 23.8 Å². The van der Waals surface area contributed by atoms with Gasteiger partial charge < -0.3 is 24.4 Å². The Balaban J connectivity index is 1.20. The predicted octanol–water partition coefficient (Wildman–Crippen LogP) is 2.39. The van der Waals surface area contributed by atoms with Crippen LogP contribution in [0.1, 0.15) is 18.4 Å². The normalized spacial score (nSPS) is 16.1. The average Bonchev–Trinajstić information content (AvgIpc) is 2.81. The fourth-order valence-electron chi connectivity index (χ4n) is 3.68. The molecule has 158 valence electrons. The summed E-state index contributed by atoms with van der Waals surface area (Å²) in [6, 6.07) is 15.0. The summed E-state index contributed by atoms with van der Waals surface area (Å²) in [7, 11) is 0. The maximum Gasteiger partial charge on any atom is 0.260 e. The van der Waals surface area contributed by atoms with Crippen LogP contribution in [0.5, 0.6) is 17.2 Å². The van der Waals surface area contributed by atoms with Gasteiger partial charge in [0.15, 0.2) is 18.1 Å². The van der Waals surface area contributed by atoms with Crippen LogP contribution >= 0.6 is 0 Å². The van der Waals surface area contributed by atoms with Crippen LogP contribution in [0.4, 0.5) is 0 Å². The third-order valence-corrected chi connectivity index (χ3v) is 5.40. The third kappa shape index (κ3) is 5.03. The number of fused-ring (bicyclic) bond motifs is 1. The molecule has 2 amide bonds. The minimum absolute atomic E-state index is 0.0188. The van der Waals surface area contributed by atoms with E-state index in [1.165, 1.54) is 0 Å². The zero-order chi connectivity index (χ0) is 20.8. The summed E-state index contributed by atoms with van der Waals surface area (Å²) >= 11 is 0. The number of para-hydroxylation sites is 1. The number of carbonyl (C=O) groups is 2. The van der Waals surface area contributed by atoms with Crippen molar-refractivity contribution in [3.05, 3.63) is 54.1 Å². The highest BCUT2D eigenvalue weighted by molar-refractivity contribution is 5.80. The van der Waals surface area contributed by atoms with Gasteiger partial charge in [-0.1, -0.05) is 24.3 Å². The van der Waals surface area contributed by atoms with Gasteiger partial charge in [-0.25, -0.2) is 0 Å². The maximum absolute atomic E-state index is 12.6. The van der Waals surface area contributed by atoms with Gasteiger partial charge in [0.1, 0.15) is 19.0 Å². The molecule has 0 aromatic heterocycles. The van der Waals surface area contributed by atoms with Gasteiger partial charge in [-0.15, -0.1) is 0 Å². The Bertz CT molecular complexity index is 878. The van der Waals surface area contributed by atoms with Crippen LogP contribution < -0.4 is 19.5 Å². The SMILES string of the molecule is O=C(NCc1ccc2c(c1)OCCO2)C1CCN(C(=O)COc2ccccc2)CC1. The minimum Gasteiger partial charge on any atom is -0.486 e. The topological polar surface area (TPSA) is 77.1 Å². The van der Waals surface area contributed by atoms with E-state index in [0.29, 0.717) is 51.4 Å². The zero-order valence-corrected chi connectivity index (χ0v) is 16.8. The largest absolute Gasteiger partial charge is 0.486 e. The zero-order valence-electron chi connectivity index (χ0n) is 16.8. The van der Waals surface area contributed by atoms with Crippen molar-refractivity contribution in [2.45, 2.75) is 19.4 Å². The predicted molar refractivity (Wildman–Crippen MR) is 111 cm³/mol. The summed E-state index contributed by atoms with van der Waals surface area (Å²) in [6.45, 7) is 2.70. The Kier molecular flexibility index (Phi) is 6.37. The second-order valence-electron chi connectivity index (χ2n) is 7.45. The average molecular weight is 410 g/mol. The van der Waals surface area contributed by atoms with E-state index in [-0.39, 0.29) is 24.3 Å². The summed E-state index contributed by atoms with van der Waals surface area (Å²) in [6.07, 6.45) is 1.31. The number of amides is 2. The minimum atomic E-state index is -0.0821. The summed E-state index contributed by atoms with van der Waals surface area (Å²) in [4.78, 5) is 26.7. The first-order valence-electron chi connectivity index (χ1n) is 10.3. The lowest BCUT2D eigenvalue weighted by Gasteiger charge is -2.31. The molecule has 0 unspecified atom stereocenters. The first-order valence-corrected chi connectivity index (χ1v) is 10.3. The monoisotopic (exact) mass is 410 g/mol. The third-order valence-electron chi connectivity index (χ3n) is 5.40. The molecule has 2 heterocycles. The van der Waals surface area contributed by atoms with E-state index < -0.39 is 0 Å². The highest BCUT2D eigenvalue weighted by Crippen LogP contribution is 2.30. The number of piperidine rings is 1. The molecule has 0 atom stereocenters. The number of nitrogens with zero attached hydrogens (tertiary/aromatic N) is 1. The number of hydrogen-bond donors (Lipinski definition) is 1. The van der Waals surface area contributed by atoms with E-state index in [9.17, 15) is 9.59 Å². The van der Waals surface area contributed by atoms with Crippen molar-refractivity contribution in [3.63, 3.8) is 0 Å². The Labute approximate surface area is 175 Å². The molecule has 1 fully saturated rings. The van der Waals surface area contributed by atoms with Crippen LogP contribution in [0.3, 0.4) is 0 Å². The molecular formula is C23H26N2O5. The molecular weight excluding hydrogens is 384 g/mol. The molecule has 7 heteroatoms. The fraction of sp³-hybridized carbons (Fsp3) is 0.391. The molecule has 2 aliphatic rings. The maximum atomic E-state index is 12.6. The lowest BCUT2D eigenvalue weighted by molar-refractivity contribution is -0.137. The Morgan fingerprint density at radius 2 is 1.73 bits per heavy atom. The first-order chi connectivity index (χ1) is 14.7. The standard InChI is InChI=1S/C23H26N2O5/c26-22(16-30-19-4-2-1-3-5-19)25-10-8-18(9-11-25)23(27)24-15-17-6-7-20-21(14-17)29-13-12-28-20/h1-7,14,18H,8-13,15-16H2,(H,24,27). The van der Waals surface area contributed by atoms with Gasteiger partial charge in [0.2, 0.25) is 5.91 Å². The van der Waals surface area contributed by atoms with E-state index in [4.69, 9.17) is 14.2 Å². The van der Waals surface area contributed by atoms with E-state index in [1.54, 1.807) is 4.90 Å². The Morgan fingerprint density at radius 1 is 1.00 bits per heavy atom. The highest BCUT2D eigenvalue weighted by Gasteiger charge is 2.27. The van der Waals surface area contributed by atoms with Gasteiger partial charge in [0, 0.05) is 25.6 Å². The van der Waals surface area contributed by atoms with Crippen LogP contribution in [-0.2, 0) is 16.1 Å². The number of benzene rings is 2. The van der Waals surface area contributed by atoms with Crippen molar-refractivity contribution in [3.8, 4) is 17.2 Å². The van der Waals surface area contributed by atoms with Crippen molar-refractivity contribution in [1.82, 2.24) is 10.2 Å². The molecule has 0 radical (unpaired) electrons. The molecule has 4 rings (SSSR count). The summed E-state index contributed by atoms with van der Waals surface area (Å²) in [5.41, 5.74) is 0.971. The number of nitrogens with one attached hydrogen (secondary N) is 1. The molecule has 7 nitrogen and oxygen atoms in total. The van der Waals surface area contributed by atoms with Gasteiger partial charge in [-0.2, -0.15) is 0 Å². The molecule has 0 spiro atoms. The first kappa shape index (κ1) is 20.1. The van der Waals surface area contributed by atoms with E-state index >= 15 is 0 Å². The van der Waals surface area contributed by atoms with E-state index in [0.717, 1.165) is 17.1 Å². The smallest absolute Gasteiger partial charge is 0.260 e. The fourth-order valence-corrected chi connectivity index (χ4v) is 3.68. The number of likely N-dealkylation sites (tertiary alicyclic amines) is 1. The van der Waals surface area contributed by atoms with Gasteiger partial charge in [-0.3, -0.25) is 9.59 Å². The molecule has 1 N–H and O–H groups in total. The van der Waals surface area contributed by atoms with Crippen LogP contribution in [0.2, 0.25) is 0 Å². The molecule has 0 bridgehead atoms. The van der Waals surface area contributed by atoms with Crippen LogP contribution in [0.15, 0.2) is 48.5 Å². The molecule has 0 saturated carbocycles. The molecule has 2 aromatic carbocycles.